The second kappa shape index (κ2) is 5.45. The fourth-order valence-corrected chi connectivity index (χ4v) is 2.40. The maximum Gasteiger partial charge on any atom is 0.328 e. The van der Waals surface area contributed by atoms with Gasteiger partial charge in [0.15, 0.2) is 0 Å². The average Bonchev–Trinajstić information content (AvgIpc) is 2.63. The van der Waals surface area contributed by atoms with Crippen LogP contribution in [-0.4, -0.2) is 84.4 Å². The standard InChI is InChI=1S/C11H16N4O5/c1-20-6-9(17)13-2-3-14-7(4-13)10(18)15(11(14)19)5-8(12)16/h7H,2-6H2,1H3,(H2,12,16)/t7-/m0/s1. The first-order valence-corrected chi connectivity index (χ1v) is 6.12. The van der Waals surface area contributed by atoms with Gasteiger partial charge in [-0.05, 0) is 0 Å². The Balaban J connectivity index is 2.09. The molecule has 0 aromatic rings. The van der Waals surface area contributed by atoms with E-state index >= 15 is 0 Å². The van der Waals surface area contributed by atoms with Crippen LogP contribution in [0.15, 0.2) is 0 Å². The van der Waals surface area contributed by atoms with Crippen LogP contribution in [0.1, 0.15) is 0 Å². The first-order valence-electron chi connectivity index (χ1n) is 6.12. The summed E-state index contributed by atoms with van der Waals surface area (Å²) < 4.78 is 4.76. The van der Waals surface area contributed by atoms with E-state index < -0.39 is 30.4 Å². The normalized spacial score (nSPS) is 22.2. The van der Waals surface area contributed by atoms with Crippen molar-refractivity contribution in [3.8, 4) is 0 Å². The molecule has 0 aliphatic carbocycles. The van der Waals surface area contributed by atoms with Crippen molar-refractivity contribution < 1.29 is 23.9 Å². The molecule has 9 nitrogen and oxygen atoms in total. The molecule has 2 rings (SSSR count). The first-order chi connectivity index (χ1) is 9.45. The van der Waals surface area contributed by atoms with Crippen LogP contribution in [0.4, 0.5) is 4.79 Å². The smallest absolute Gasteiger partial charge is 0.328 e. The van der Waals surface area contributed by atoms with E-state index in [2.05, 4.69) is 0 Å². The van der Waals surface area contributed by atoms with Gasteiger partial charge in [0.1, 0.15) is 19.2 Å². The number of methoxy groups -OCH3 is 1. The Morgan fingerprint density at radius 3 is 2.65 bits per heavy atom. The van der Waals surface area contributed by atoms with Crippen LogP contribution in [0, 0.1) is 0 Å². The Bertz CT molecular complexity index is 466. The highest BCUT2D eigenvalue weighted by atomic mass is 16.5. The van der Waals surface area contributed by atoms with Gasteiger partial charge in [-0.25, -0.2) is 4.79 Å². The zero-order valence-electron chi connectivity index (χ0n) is 11.1. The zero-order chi connectivity index (χ0) is 14.9. The van der Waals surface area contributed by atoms with Crippen molar-refractivity contribution in [2.24, 2.45) is 5.73 Å². The van der Waals surface area contributed by atoms with E-state index in [1.165, 1.54) is 16.9 Å². The minimum absolute atomic E-state index is 0.0696. The number of amides is 5. The van der Waals surface area contributed by atoms with Gasteiger partial charge >= 0.3 is 6.03 Å². The number of hydrogen-bond acceptors (Lipinski definition) is 5. The van der Waals surface area contributed by atoms with Gasteiger partial charge in [-0.3, -0.25) is 19.3 Å². The number of carbonyl (C=O) groups is 4. The van der Waals surface area contributed by atoms with Crippen molar-refractivity contribution in [3.63, 3.8) is 0 Å². The molecule has 110 valence electrons. The molecule has 2 aliphatic rings. The average molecular weight is 284 g/mol. The Kier molecular flexibility index (Phi) is 3.89. The molecular weight excluding hydrogens is 268 g/mol. The summed E-state index contributed by atoms with van der Waals surface area (Å²) in [6.45, 7) is 0.195. The number of ether oxygens (including phenoxy) is 1. The third-order valence-electron chi connectivity index (χ3n) is 3.34. The van der Waals surface area contributed by atoms with E-state index in [1.807, 2.05) is 0 Å². The maximum atomic E-state index is 12.1. The number of nitrogens with zero attached hydrogens (tertiary/aromatic N) is 3. The van der Waals surface area contributed by atoms with Gasteiger partial charge in [-0.2, -0.15) is 0 Å². The van der Waals surface area contributed by atoms with Gasteiger partial charge in [0.25, 0.3) is 5.91 Å². The van der Waals surface area contributed by atoms with Crippen LogP contribution in [-0.2, 0) is 19.1 Å². The van der Waals surface area contributed by atoms with Crippen LogP contribution in [0.2, 0.25) is 0 Å². The molecule has 9 heteroatoms. The zero-order valence-corrected chi connectivity index (χ0v) is 11.1. The Labute approximate surface area is 115 Å². The Hall–Kier alpha value is -2.16. The van der Waals surface area contributed by atoms with E-state index in [0.717, 1.165) is 4.90 Å². The third-order valence-corrected chi connectivity index (χ3v) is 3.34. The summed E-state index contributed by atoms with van der Waals surface area (Å²) in [6.07, 6.45) is 0. The molecule has 0 spiro atoms. The van der Waals surface area contributed by atoms with Gasteiger partial charge in [-0.1, -0.05) is 0 Å². The van der Waals surface area contributed by atoms with Crippen molar-refractivity contribution in [2.75, 3.05) is 39.9 Å². The van der Waals surface area contributed by atoms with Crippen molar-refractivity contribution >= 4 is 23.8 Å². The largest absolute Gasteiger partial charge is 0.375 e. The van der Waals surface area contributed by atoms with E-state index in [-0.39, 0.29) is 25.6 Å². The first kappa shape index (κ1) is 14.3. The predicted molar refractivity (Wildman–Crippen MR) is 65.3 cm³/mol. The molecule has 0 bridgehead atoms. The monoisotopic (exact) mass is 284 g/mol. The molecule has 20 heavy (non-hydrogen) atoms. The van der Waals surface area contributed by atoms with Gasteiger partial charge in [0.05, 0.1) is 6.54 Å². The summed E-state index contributed by atoms with van der Waals surface area (Å²) in [6, 6.07) is -1.27. The second-order valence-corrected chi connectivity index (χ2v) is 4.66. The quantitative estimate of drug-likeness (QED) is 0.578. The van der Waals surface area contributed by atoms with E-state index in [0.29, 0.717) is 6.54 Å². The van der Waals surface area contributed by atoms with Crippen molar-refractivity contribution in [1.82, 2.24) is 14.7 Å². The molecule has 0 aromatic heterocycles. The van der Waals surface area contributed by atoms with Crippen molar-refractivity contribution in [1.29, 1.82) is 0 Å². The number of carbonyl (C=O) groups excluding carboxylic acids is 4. The van der Waals surface area contributed by atoms with Gasteiger partial charge in [-0.15, -0.1) is 0 Å². The van der Waals surface area contributed by atoms with Crippen LogP contribution in [0.3, 0.4) is 0 Å². The molecule has 2 N–H and O–H groups in total. The second-order valence-electron chi connectivity index (χ2n) is 4.66. The number of urea groups is 1. The topological polar surface area (TPSA) is 113 Å². The molecule has 1 atom stereocenters. The molecule has 5 amide bonds. The van der Waals surface area contributed by atoms with Crippen LogP contribution < -0.4 is 5.73 Å². The number of piperazine rings is 1. The third kappa shape index (κ3) is 2.44. The lowest BCUT2D eigenvalue weighted by Gasteiger charge is -2.35. The molecule has 0 unspecified atom stereocenters. The van der Waals surface area contributed by atoms with Gasteiger partial charge in [0, 0.05) is 20.2 Å². The fourth-order valence-electron chi connectivity index (χ4n) is 2.40. The maximum absolute atomic E-state index is 12.1. The summed E-state index contributed by atoms with van der Waals surface area (Å²) in [7, 11) is 1.41. The molecule has 0 aromatic carbocycles. The van der Waals surface area contributed by atoms with Crippen LogP contribution in [0.25, 0.3) is 0 Å². The molecule has 2 heterocycles. The fraction of sp³-hybridized carbons (Fsp3) is 0.636. The van der Waals surface area contributed by atoms with Crippen molar-refractivity contribution in [3.05, 3.63) is 0 Å². The number of imide groups is 1. The summed E-state index contributed by atoms with van der Waals surface area (Å²) in [5, 5.41) is 0. The van der Waals surface area contributed by atoms with Gasteiger partial charge < -0.3 is 20.3 Å². The van der Waals surface area contributed by atoms with Crippen LogP contribution >= 0.6 is 0 Å². The molecule has 2 saturated heterocycles. The number of nitrogens with two attached hydrogens (primary N) is 1. The number of rotatable bonds is 4. The SMILES string of the molecule is COCC(=O)N1CCN2C(=O)N(CC(N)=O)C(=O)[C@@H]2C1. The molecule has 2 fully saturated rings. The molecule has 0 saturated carbocycles. The number of fused-ring (bicyclic) bond motifs is 1. The van der Waals surface area contributed by atoms with E-state index in [1.54, 1.807) is 0 Å². The Morgan fingerprint density at radius 1 is 1.35 bits per heavy atom. The minimum atomic E-state index is -0.751. The van der Waals surface area contributed by atoms with Crippen molar-refractivity contribution in [2.45, 2.75) is 6.04 Å². The highest BCUT2D eigenvalue weighted by Crippen LogP contribution is 2.21. The molecule has 0 radical (unpaired) electrons. The Morgan fingerprint density at radius 2 is 2.05 bits per heavy atom. The summed E-state index contributed by atoms with van der Waals surface area (Å²) in [4.78, 5) is 50.4. The molecular formula is C11H16N4O5. The summed E-state index contributed by atoms with van der Waals surface area (Å²) >= 11 is 0. The highest BCUT2D eigenvalue weighted by molar-refractivity contribution is 6.06. The lowest BCUT2D eigenvalue weighted by molar-refractivity contribution is -0.139. The lowest BCUT2D eigenvalue weighted by Crippen LogP contribution is -2.55. The highest BCUT2D eigenvalue weighted by Gasteiger charge is 2.48. The van der Waals surface area contributed by atoms with E-state index in [9.17, 15) is 19.2 Å². The minimum Gasteiger partial charge on any atom is -0.375 e. The summed E-state index contributed by atoms with van der Waals surface area (Å²) in [5.74, 6) is -1.48. The van der Waals surface area contributed by atoms with E-state index in [4.69, 9.17) is 10.5 Å². The molecule has 2 aliphatic heterocycles. The van der Waals surface area contributed by atoms with Crippen LogP contribution in [0.5, 0.6) is 0 Å². The van der Waals surface area contributed by atoms with Gasteiger partial charge in [0.2, 0.25) is 11.8 Å². The lowest BCUT2D eigenvalue weighted by atomic mass is 10.2. The summed E-state index contributed by atoms with van der Waals surface area (Å²) in [5.41, 5.74) is 5.02. The number of primary amides is 1. The number of hydrogen-bond donors (Lipinski definition) is 1. The predicted octanol–water partition coefficient (Wildman–Crippen LogP) is -2.41.